The Balaban J connectivity index is 1.70. The van der Waals surface area contributed by atoms with Gasteiger partial charge in [-0.05, 0) is 42.0 Å². The van der Waals surface area contributed by atoms with E-state index in [1.165, 1.54) is 0 Å². The first-order chi connectivity index (χ1) is 15.2. The molecule has 3 aromatic rings. The molecule has 0 radical (unpaired) electrons. The quantitative estimate of drug-likeness (QED) is 0.554. The van der Waals surface area contributed by atoms with Crippen LogP contribution in [0.25, 0.3) is 11.1 Å². The Kier molecular flexibility index (Phi) is 6.29. The average Bonchev–Trinajstić information content (AvgIpc) is 2.80. The number of hydrogen-bond acceptors (Lipinski definition) is 7. The molecule has 0 N–H and O–H groups in total. The smallest absolute Gasteiger partial charge is 0.221 e. The van der Waals surface area contributed by atoms with Crippen LogP contribution in [-0.2, 0) is 13.2 Å². The van der Waals surface area contributed by atoms with E-state index in [0.717, 1.165) is 35.5 Å². The molecule has 0 amide bonds. The number of benzene rings is 1. The summed E-state index contributed by atoms with van der Waals surface area (Å²) in [7, 11) is 3.24. The third-order valence-electron chi connectivity index (χ3n) is 5.25. The maximum absolute atomic E-state index is 9.12. The molecule has 2 aromatic heterocycles. The molecule has 0 saturated carbocycles. The summed E-state index contributed by atoms with van der Waals surface area (Å²) in [6.45, 7) is 2.49. The number of rotatable bonds is 8. The molecule has 0 unspecified atom stereocenters. The third-order valence-corrected chi connectivity index (χ3v) is 5.25. The lowest BCUT2D eigenvalue weighted by atomic mass is 9.98. The van der Waals surface area contributed by atoms with E-state index in [1.807, 2.05) is 36.4 Å². The number of ether oxygens (including phenoxy) is 3. The van der Waals surface area contributed by atoms with E-state index in [1.54, 1.807) is 26.6 Å². The van der Waals surface area contributed by atoms with Crippen LogP contribution in [0.5, 0.6) is 17.4 Å². The summed E-state index contributed by atoms with van der Waals surface area (Å²) in [4.78, 5) is 10.9. The molecule has 0 aliphatic carbocycles. The number of hydrogen-bond donors (Lipinski definition) is 0. The SMILES string of the molecule is COc1cc(-c2cccnc2OC)cc(CN2CC(C#N)C2)c1OCc1ccccn1. The lowest BCUT2D eigenvalue weighted by Crippen LogP contribution is -2.45. The van der Waals surface area contributed by atoms with Crippen molar-refractivity contribution in [1.82, 2.24) is 14.9 Å². The molecule has 1 aliphatic rings. The number of nitrogens with zero attached hydrogens (tertiary/aromatic N) is 4. The van der Waals surface area contributed by atoms with Crippen LogP contribution in [0.3, 0.4) is 0 Å². The lowest BCUT2D eigenvalue weighted by molar-refractivity contribution is 0.124. The molecule has 1 aromatic carbocycles. The predicted octanol–water partition coefficient (Wildman–Crippen LogP) is 3.70. The van der Waals surface area contributed by atoms with Crippen LogP contribution in [0.1, 0.15) is 11.3 Å². The standard InChI is InChI=1S/C24H24N4O3/c1-29-22-11-18(21-7-5-9-27-24(21)30-2)10-19(15-28-13-17(12-25)14-28)23(22)31-16-20-6-3-4-8-26-20/h3-11,17H,13-16H2,1-2H3. The molecule has 4 rings (SSSR count). The minimum absolute atomic E-state index is 0.0846. The van der Waals surface area contributed by atoms with Crippen LogP contribution in [-0.4, -0.2) is 42.2 Å². The van der Waals surface area contributed by atoms with Crippen molar-refractivity contribution in [3.8, 4) is 34.6 Å². The Morgan fingerprint density at radius 1 is 1.06 bits per heavy atom. The van der Waals surface area contributed by atoms with E-state index in [4.69, 9.17) is 19.5 Å². The Bertz CT molecular complexity index is 1080. The third kappa shape index (κ3) is 4.60. The van der Waals surface area contributed by atoms with Gasteiger partial charge in [0, 0.05) is 43.2 Å². The summed E-state index contributed by atoms with van der Waals surface area (Å²) < 4.78 is 17.4. The van der Waals surface area contributed by atoms with Gasteiger partial charge in [-0.25, -0.2) is 4.98 Å². The second-order valence-corrected chi connectivity index (χ2v) is 7.36. The number of pyridine rings is 2. The van der Waals surface area contributed by atoms with Crippen LogP contribution in [0.15, 0.2) is 54.9 Å². The van der Waals surface area contributed by atoms with Gasteiger partial charge >= 0.3 is 0 Å². The molecule has 1 saturated heterocycles. The molecule has 7 nitrogen and oxygen atoms in total. The van der Waals surface area contributed by atoms with Crippen LogP contribution < -0.4 is 14.2 Å². The van der Waals surface area contributed by atoms with Gasteiger partial charge < -0.3 is 14.2 Å². The van der Waals surface area contributed by atoms with E-state index >= 15 is 0 Å². The van der Waals surface area contributed by atoms with E-state index in [0.29, 0.717) is 30.5 Å². The van der Waals surface area contributed by atoms with E-state index in [-0.39, 0.29) is 5.92 Å². The van der Waals surface area contributed by atoms with Gasteiger partial charge in [-0.15, -0.1) is 0 Å². The van der Waals surface area contributed by atoms with Crippen LogP contribution in [0.2, 0.25) is 0 Å². The first-order valence-corrected chi connectivity index (χ1v) is 10.1. The minimum atomic E-state index is 0.0846. The monoisotopic (exact) mass is 416 g/mol. The normalized spacial score (nSPS) is 13.8. The fourth-order valence-electron chi connectivity index (χ4n) is 3.67. The van der Waals surface area contributed by atoms with E-state index < -0.39 is 0 Å². The van der Waals surface area contributed by atoms with E-state index in [9.17, 15) is 0 Å². The van der Waals surface area contributed by atoms with Crippen molar-refractivity contribution in [2.75, 3.05) is 27.3 Å². The van der Waals surface area contributed by atoms with Crippen molar-refractivity contribution >= 4 is 0 Å². The Morgan fingerprint density at radius 3 is 2.61 bits per heavy atom. The second kappa shape index (κ2) is 9.45. The van der Waals surface area contributed by atoms with Gasteiger partial charge in [-0.3, -0.25) is 9.88 Å². The molecule has 1 fully saturated rings. The molecule has 31 heavy (non-hydrogen) atoms. The highest BCUT2D eigenvalue weighted by Gasteiger charge is 2.28. The van der Waals surface area contributed by atoms with Crippen LogP contribution in [0, 0.1) is 17.2 Å². The first kappa shape index (κ1) is 20.6. The summed E-state index contributed by atoms with van der Waals surface area (Å²) >= 11 is 0. The second-order valence-electron chi connectivity index (χ2n) is 7.36. The summed E-state index contributed by atoms with van der Waals surface area (Å²) in [6, 6.07) is 15.9. The van der Waals surface area contributed by atoms with Gasteiger partial charge in [0.25, 0.3) is 0 Å². The summed E-state index contributed by atoms with van der Waals surface area (Å²) in [6.07, 6.45) is 3.45. The molecule has 7 heteroatoms. The lowest BCUT2D eigenvalue weighted by Gasteiger charge is -2.35. The fourth-order valence-corrected chi connectivity index (χ4v) is 3.67. The minimum Gasteiger partial charge on any atom is -0.493 e. The molecule has 1 aliphatic heterocycles. The molecular formula is C24H24N4O3. The van der Waals surface area contributed by atoms with E-state index in [2.05, 4.69) is 27.0 Å². The highest BCUT2D eigenvalue weighted by molar-refractivity contribution is 5.73. The zero-order chi connectivity index (χ0) is 21.6. The molecule has 0 bridgehead atoms. The van der Waals surface area contributed by atoms with Crippen molar-refractivity contribution in [3.05, 3.63) is 66.1 Å². The van der Waals surface area contributed by atoms with Gasteiger partial charge in [0.15, 0.2) is 11.5 Å². The zero-order valence-corrected chi connectivity index (χ0v) is 17.6. The van der Waals surface area contributed by atoms with Crippen LogP contribution in [0.4, 0.5) is 0 Å². The molecule has 0 spiro atoms. The predicted molar refractivity (Wildman–Crippen MR) is 116 cm³/mol. The van der Waals surface area contributed by atoms with Crippen LogP contribution >= 0.6 is 0 Å². The molecule has 158 valence electrons. The fraction of sp³-hybridized carbons (Fsp3) is 0.292. The van der Waals surface area contributed by atoms with Crippen molar-refractivity contribution in [3.63, 3.8) is 0 Å². The summed E-state index contributed by atoms with van der Waals surface area (Å²) in [5, 5.41) is 9.12. The summed E-state index contributed by atoms with van der Waals surface area (Å²) in [5.41, 5.74) is 3.62. The number of methoxy groups -OCH3 is 2. The maximum atomic E-state index is 9.12. The molecule has 0 atom stereocenters. The summed E-state index contributed by atoms with van der Waals surface area (Å²) in [5.74, 6) is 1.94. The highest BCUT2D eigenvalue weighted by Crippen LogP contribution is 2.40. The Labute approximate surface area is 181 Å². The zero-order valence-electron chi connectivity index (χ0n) is 17.6. The highest BCUT2D eigenvalue weighted by atomic mass is 16.5. The largest absolute Gasteiger partial charge is 0.493 e. The number of likely N-dealkylation sites (tertiary alicyclic amines) is 1. The first-order valence-electron chi connectivity index (χ1n) is 10.1. The van der Waals surface area contributed by atoms with Gasteiger partial charge in [0.05, 0.1) is 31.9 Å². The maximum Gasteiger partial charge on any atom is 0.221 e. The number of nitriles is 1. The van der Waals surface area contributed by atoms with Crippen molar-refractivity contribution in [2.24, 2.45) is 5.92 Å². The van der Waals surface area contributed by atoms with Gasteiger partial charge in [-0.1, -0.05) is 6.07 Å². The van der Waals surface area contributed by atoms with Crippen molar-refractivity contribution in [2.45, 2.75) is 13.2 Å². The Hall–Kier alpha value is -3.63. The molecular weight excluding hydrogens is 392 g/mol. The molecule has 3 heterocycles. The Morgan fingerprint density at radius 2 is 1.90 bits per heavy atom. The average molecular weight is 416 g/mol. The van der Waals surface area contributed by atoms with Crippen molar-refractivity contribution < 1.29 is 14.2 Å². The van der Waals surface area contributed by atoms with Gasteiger partial charge in [0.1, 0.15) is 6.61 Å². The van der Waals surface area contributed by atoms with Crippen molar-refractivity contribution in [1.29, 1.82) is 5.26 Å². The van der Waals surface area contributed by atoms with Gasteiger partial charge in [-0.2, -0.15) is 5.26 Å². The van der Waals surface area contributed by atoms with Gasteiger partial charge in [0.2, 0.25) is 5.88 Å². The number of aromatic nitrogens is 2. The topological polar surface area (TPSA) is 80.5 Å².